The van der Waals surface area contributed by atoms with Crippen molar-refractivity contribution in [2.45, 2.75) is 32.2 Å². The van der Waals surface area contributed by atoms with E-state index in [4.69, 9.17) is 0 Å². The van der Waals surface area contributed by atoms with Gasteiger partial charge in [-0.2, -0.15) is 11.8 Å². The molecule has 20 heavy (non-hydrogen) atoms. The number of nitro groups is 1. The zero-order valence-electron chi connectivity index (χ0n) is 11.6. The van der Waals surface area contributed by atoms with Crippen LogP contribution in [-0.2, 0) is 0 Å². The largest absolute Gasteiger partial charge is 0.370 e. The van der Waals surface area contributed by atoms with Crippen molar-refractivity contribution < 1.29 is 4.92 Å². The SMILES string of the molecule is CCCNc1cc([N+](=O)[O-])cc(NC2CCCSC2)n1. The molecule has 0 amide bonds. The van der Waals surface area contributed by atoms with E-state index in [0.717, 1.165) is 25.1 Å². The van der Waals surface area contributed by atoms with Crippen LogP contribution < -0.4 is 10.6 Å². The first-order valence-corrected chi connectivity index (χ1v) is 8.09. The van der Waals surface area contributed by atoms with Crippen molar-refractivity contribution in [1.82, 2.24) is 4.98 Å². The van der Waals surface area contributed by atoms with Crippen LogP contribution in [0.3, 0.4) is 0 Å². The second-order valence-electron chi connectivity index (χ2n) is 4.84. The molecule has 0 saturated carbocycles. The van der Waals surface area contributed by atoms with Crippen molar-refractivity contribution in [2.24, 2.45) is 0 Å². The van der Waals surface area contributed by atoms with Crippen LogP contribution in [0.5, 0.6) is 0 Å². The Kier molecular flexibility index (Phi) is 5.46. The number of rotatable bonds is 6. The molecule has 1 aliphatic heterocycles. The fourth-order valence-electron chi connectivity index (χ4n) is 2.10. The predicted molar refractivity (Wildman–Crippen MR) is 83.6 cm³/mol. The molecule has 1 fully saturated rings. The van der Waals surface area contributed by atoms with E-state index in [9.17, 15) is 10.1 Å². The van der Waals surface area contributed by atoms with E-state index < -0.39 is 0 Å². The molecule has 1 aromatic heterocycles. The lowest BCUT2D eigenvalue weighted by Crippen LogP contribution is -2.26. The molecule has 2 N–H and O–H groups in total. The second-order valence-corrected chi connectivity index (χ2v) is 5.99. The number of thioether (sulfide) groups is 1. The summed E-state index contributed by atoms with van der Waals surface area (Å²) in [6, 6.07) is 3.34. The zero-order valence-corrected chi connectivity index (χ0v) is 12.4. The van der Waals surface area contributed by atoms with Crippen LogP contribution in [0.15, 0.2) is 12.1 Å². The van der Waals surface area contributed by atoms with Gasteiger partial charge in [-0.25, -0.2) is 4.98 Å². The Hall–Kier alpha value is -1.50. The summed E-state index contributed by atoms with van der Waals surface area (Å²) in [6.07, 6.45) is 3.22. The molecule has 1 unspecified atom stereocenters. The van der Waals surface area contributed by atoms with Gasteiger partial charge in [0.05, 0.1) is 17.1 Å². The van der Waals surface area contributed by atoms with E-state index in [1.165, 1.54) is 24.3 Å². The summed E-state index contributed by atoms with van der Waals surface area (Å²) in [7, 11) is 0. The maximum Gasteiger partial charge on any atom is 0.276 e. The lowest BCUT2D eigenvalue weighted by molar-refractivity contribution is -0.384. The topological polar surface area (TPSA) is 80.1 Å². The number of hydrogen-bond acceptors (Lipinski definition) is 6. The van der Waals surface area contributed by atoms with Crippen molar-refractivity contribution in [3.8, 4) is 0 Å². The zero-order chi connectivity index (χ0) is 14.4. The van der Waals surface area contributed by atoms with Gasteiger partial charge in [0.2, 0.25) is 0 Å². The Morgan fingerprint density at radius 1 is 1.50 bits per heavy atom. The lowest BCUT2D eigenvalue weighted by Gasteiger charge is -2.23. The molecule has 0 aliphatic carbocycles. The summed E-state index contributed by atoms with van der Waals surface area (Å²) in [6.45, 7) is 2.80. The summed E-state index contributed by atoms with van der Waals surface area (Å²) >= 11 is 1.91. The molecule has 2 rings (SSSR count). The molecule has 7 heteroatoms. The average Bonchev–Trinajstić information content (AvgIpc) is 2.46. The van der Waals surface area contributed by atoms with Crippen LogP contribution in [0.4, 0.5) is 17.3 Å². The first kappa shape index (κ1) is 14.9. The van der Waals surface area contributed by atoms with Crippen molar-refractivity contribution >= 4 is 29.1 Å². The van der Waals surface area contributed by atoms with E-state index in [-0.39, 0.29) is 10.6 Å². The van der Waals surface area contributed by atoms with Crippen LogP contribution in [0.2, 0.25) is 0 Å². The highest BCUT2D eigenvalue weighted by molar-refractivity contribution is 7.99. The van der Waals surface area contributed by atoms with Gasteiger partial charge in [0.25, 0.3) is 5.69 Å². The third-order valence-corrected chi connectivity index (χ3v) is 4.30. The fourth-order valence-corrected chi connectivity index (χ4v) is 3.17. The maximum atomic E-state index is 11.0. The summed E-state index contributed by atoms with van der Waals surface area (Å²) < 4.78 is 0. The Labute approximate surface area is 122 Å². The molecular formula is C13H20N4O2S. The van der Waals surface area contributed by atoms with Gasteiger partial charge in [-0.15, -0.1) is 0 Å². The Balaban J connectivity index is 2.12. The van der Waals surface area contributed by atoms with Gasteiger partial charge in [-0.3, -0.25) is 10.1 Å². The van der Waals surface area contributed by atoms with E-state index in [1.54, 1.807) is 0 Å². The smallest absolute Gasteiger partial charge is 0.276 e. The quantitative estimate of drug-likeness (QED) is 0.620. The Morgan fingerprint density at radius 3 is 2.95 bits per heavy atom. The third-order valence-electron chi connectivity index (χ3n) is 3.09. The Morgan fingerprint density at radius 2 is 2.30 bits per heavy atom. The Bertz CT molecular complexity index is 464. The number of aromatic nitrogens is 1. The lowest BCUT2D eigenvalue weighted by atomic mass is 10.2. The van der Waals surface area contributed by atoms with Crippen molar-refractivity contribution in [3.05, 3.63) is 22.2 Å². The molecular weight excluding hydrogens is 276 g/mol. The highest BCUT2D eigenvalue weighted by Crippen LogP contribution is 2.24. The fraction of sp³-hybridized carbons (Fsp3) is 0.615. The molecule has 1 aromatic rings. The van der Waals surface area contributed by atoms with Gasteiger partial charge in [0, 0.05) is 18.3 Å². The van der Waals surface area contributed by atoms with Gasteiger partial charge in [-0.05, 0) is 25.0 Å². The molecule has 0 radical (unpaired) electrons. The van der Waals surface area contributed by atoms with Crippen LogP contribution in [0.25, 0.3) is 0 Å². The number of pyridine rings is 1. The van der Waals surface area contributed by atoms with Crippen LogP contribution in [-0.4, -0.2) is 34.0 Å². The second kappa shape index (κ2) is 7.33. The summed E-state index contributed by atoms with van der Waals surface area (Å²) in [5.74, 6) is 3.38. The molecule has 0 aromatic carbocycles. The monoisotopic (exact) mass is 296 g/mol. The van der Waals surface area contributed by atoms with Crippen LogP contribution in [0, 0.1) is 10.1 Å². The van der Waals surface area contributed by atoms with Crippen LogP contribution in [0.1, 0.15) is 26.2 Å². The van der Waals surface area contributed by atoms with E-state index in [2.05, 4.69) is 15.6 Å². The maximum absolute atomic E-state index is 11.0. The van der Waals surface area contributed by atoms with Gasteiger partial charge in [-0.1, -0.05) is 6.92 Å². The van der Waals surface area contributed by atoms with Gasteiger partial charge < -0.3 is 10.6 Å². The highest BCUT2D eigenvalue weighted by Gasteiger charge is 2.16. The summed E-state index contributed by atoms with van der Waals surface area (Å²) in [5, 5.41) is 17.4. The first-order chi connectivity index (χ1) is 9.69. The van der Waals surface area contributed by atoms with E-state index >= 15 is 0 Å². The average molecular weight is 296 g/mol. The summed E-state index contributed by atoms with van der Waals surface area (Å²) in [5.41, 5.74) is 0.0737. The van der Waals surface area contributed by atoms with Crippen molar-refractivity contribution in [3.63, 3.8) is 0 Å². The summed E-state index contributed by atoms with van der Waals surface area (Å²) in [4.78, 5) is 15.0. The molecule has 2 heterocycles. The molecule has 0 bridgehead atoms. The number of hydrogen-bond donors (Lipinski definition) is 2. The molecule has 1 saturated heterocycles. The minimum atomic E-state index is -0.375. The highest BCUT2D eigenvalue weighted by atomic mass is 32.2. The van der Waals surface area contributed by atoms with E-state index in [1.807, 2.05) is 18.7 Å². The molecule has 6 nitrogen and oxygen atoms in total. The number of nitrogens with zero attached hydrogens (tertiary/aromatic N) is 2. The van der Waals surface area contributed by atoms with Crippen LogP contribution >= 0.6 is 11.8 Å². The third kappa shape index (κ3) is 4.26. The normalized spacial score (nSPS) is 18.6. The minimum absolute atomic E-state index is 0.0737. The van der Waals surface area contributed by atoms with Crippen molar-refractivity contribution in [1.29, 1.82) is 0 Å². The molecule has 1 aliphatic rings. The van der Waals surface area contributed by atoms with E-state index in [0.29, 0.717) is 17.7 Å². The number of nitrogens with one attached hydrogen (secondary N) is 2. The van der Waals surface area contributed by atoms with Gasteiger partial charge in [0.15, 0.2) is 0 Å². The standard InChI is InChI=1S/C13H20N4O2S/c1-2-5-14-12-7-11(17(18)19)8-13(16-12)15-10-4-3-6-20-9-10/h7-8,10H,2-6,9H2,1H3,(H2,14,15,16). The number of anilines is 2. The first-order valence-electron chi connectivity index (χ1n) is 6.93. The molecule has 110 valence electrons. The predicted octanol–water partition coefficient (Wildman–Crippen LogP) is 3.12. The minimum Gasteiger partial charge on any atom is -0.370 e. The molecule has 1 atom stereocenters. The molecule has 0 spiro atoms. The van der Waals surface area contributed by atoms with Crippen molar-refractivity contribution in [2.75, 3.05) is 28.7 Å². The van der Waals surface area contributed by atoms with Gasteiger partial charge in [0.1, 0.15) is 11.6 Å². The van der Waals surface area contributed by atoms with Gasteiger partial charge >= 0.3 is 0 Å².